The molecule has 4 heteroatoms. The summed E-state index contributed by atoms with van der Waals surface area (Å²) in [6, 6.07) is 11.2. The normalized spacial score (nSPS) is 13.7. The molecular weight excluding hydrogens is 256 g/mol. The monoisotopic (exact) mass is 274 g/mol. The minimum absolute atomic E-state index is 0.264. The molecule has 0 radical (unpaired) electrons. The number of carbonyl (C=O) groups excluding carboxylic acids is 1. The van der Waals surface area contributed by atoms with Gasteiger partial charge >= 0.3 is 0 Å². The van der Waals surface area contributed by atoms with Crippen LogP contribution in [-0.4, -0.2) is 13.4 Å². The molecule has 2 aromatic rings. The zero-order valence-electron chi connectivity index (χ0n) is 11.6. The number of aldehydes is 1. The zero-order chi connectivity index (χ0) is 14.4. The van der Waals surface area contributed by atoms with Gasteiger partial charge in [-0.25, -0.2) is 0 Å². The van der Waals surface area contributed by atoms with Gasteiger partial charge in [-0.1, -0.05) is 19.1 Å². The molecule has 1 aromatic heterocycles. The molecule has 0 saturated carbocycles. The largest absolute Gasteiger partial charge is 0.497 e. The number of methoxy groups -OCH3 is 1. The van der Waals surface area contributed by atoms with Crippen LogP contribution in [0.1, 0.15) is 24.4 Å². The maximum absolute atomic E-state index is 11.0. The van der Waals surface area contributed by atoms with Crippen LogP contribution < -0.4 is 4.74 Å². The molecule has 1 aromatic carbocycles. The average Bonchev–Trinajstić information content (AvgIpc) is 3.02. The van der Waals surface area contributed by atoms with Crippen LogP contribution >= 0.6 is 0 Å². The van der Waals surface area contributed by atoms with Gasteiger partial charge in [-0.3, -0.25) is 0 Å². The van der Waals surface area contributed by atoms with E-state index in [1.807, 2.05) is 37.3 Å². The second-order valence-corrected chi connectivity index (χ2v) is 4.59. The number of hydrogen-bond donors (Lipinski definition) is 0. The van der Waals surface area contributed by atoms with Gasteiger partial charge in [-0.05, 0) is 29.8 Å². The molecule has 0 spiro atoms. The summed E-state index contributed by atoms with van der Waals surface area (Å²) in [6.45, 7) is 2.22. The van der Waals surface area contributed by atoms with Crippen LogP contribution in [0.3, 0.4) is 0 Å². The Morgan fingerprint density at radius 1 is 1.25 bits per heavy atom. The Hall–Kier alpha value is -2.07. The van der Waals surface area contributed by atoms with E-state index in [1.54, 1.807) is 19.4 Å². The molecule has 20 heavy (non-hydrogen) atoms. The molecule has 2 rings (SSSR count). The maximum Gasteiger partial charge on any atom is 0.133 e. The zero-order valence-corrected chi connectivity index (χ0v) is 11.6. The van der Waals surface area contributed by atoms with E-state index in [0.29, 0.717) is 12.4 Å². The molecule has 1 heterocycles. The molecule has 0 fully saturated rings. The predicted molar refractivity (Wildman–Crippen MR) is 74.5 cm³/mol. The Bertz CT molecular complexity index is 516. The third-order valence-electron chi connectivity index (χ3n) is 3.10. The van der Waals surface area contributed by atoms with Crippen LogP contribution in [0.5, 0.6) is 5.75 Å². The van der Waals surface area contributed by atoms with E-state index in [1.165, 1.54) is 0 Å². The summed E-state index contributed by atoms with van der Waals surface area (Å²) in [7, 11) is 1.63. The molecule has 0 bridgehead atoms. The fourth-order valence-electron chi connectivity index (χ4n) is 1.93. The summed E-state index contributed by atoms with van der Waals surface area (Å²) in [5, 5.41) is 0. The van der Waals surface area contributed by atoms with Crippen LogP contribution in [0, 0.1) is 5.92 Å². The van der Waals surface area contributed by atoms with Crippen molar-refractivity contribution >= 4 is 6.29 Å². The molecule has 4 nitrogen and oxygen atoms in total. The lowest BCUT2D eigenvalue weighted by molar-refractivity contribution is -0.116. The average molecular weight is 274 g/mol. The van der Waals surface area contributed by atoms with E-state index in [4.69, 9.17) is 13.9 Å². The molecular formula is C16H18O4. The van der Waals surface area contributed by atoms with Gasteiger partial charge in [0.25, 0.3) is 0 Å². The number of carbonyl (C=O) groups is 1. The van der Waals surface area contributed by atoms with Crippen molar-refractivity contribution in [2.45, 2.75) is 19.6 Å². The topological polar surface area (TPSA) is 48.7 Å². The molecule has 0 N–H and O–H groups in total. The first kappa shape index (κ1) is 14.3. The van der Waals surface area contributed by atoms with Gasteiger partial charge in [-0.2, -0.15) is 0 Å². The van der Waals surface area contributed by atoms with Crippen molar-refractivity contribution in [3.63, 3.8) is 0 Å². The van der Waals surface area contributed by atoms with E-state index < -0.39 is 0 Å². The minimum atomic E-state index is -0.371. The summed E-state index contributed by atoms with van der Waals surface area (Å²) in [5.41, 5.74) is 1.01. The van der Waals surface area contributed by atoms with Crippen molar-refractivity contribution in [1.82, 2.24) is 0 Å². The summed E-state index contributed by atoms with van der Waals surface area (Å²) in [4.78, 5) is 11.0. The van der Waals surface area contributed by atoms with Crippen LogP contribution in [0.25, 0.3) is 0 Å². The second kappa shape index (κ2) is 6.91. The standard InChI is InChI=1S/C16H18O4/c1-12(10-17)16(15-4-3-9-19-15)20-11-13-5-7-14(18-2)8-6-13/h3-10,12,16H,11H2,1-2H3/t12-,16-/m1/s1. The van der Waals surface area contributed by atoms with Crippen molar-refractivity contribution in [2.24, 2.45) is 5.92 Å². The number of rotatable bonds is 7. The van der Waals surface area contributed by atoms with Gasteiger partial charge in [-0.15, -0.1) is 0 Å². The van der Waals surface area contributed by atoms with Crippen LogP contribution in [0.15, 0.2) is 47.1 Å². The van der Waals surface area contributed by atoms with Crippen LogP contribution in [0.4, 0.5) is 0 Å². The number of furan rings is 1. The Balaban J connectivity index is 2.03. The van der Waals surface area contributed by atoms with Crippen molar-refractivity contribution in [3.05, 3.63) is 54.0 Å². The van der Waals surface area contributed by atoms with E-state index in [0.717, 1.165) is 17.6 Å². The summed E-state index contributed by atoms with van der Waals surface area (Å²) < 4.78 is 16.3. The first-order chi connectivity index (χ1) is 9.74. The van der Waals surface area contributed by atoms with E-state index in [2.05, 4.69) is 0 Å². The number of benzene rings is 1. The van der Waals surface area contributed by atoms with E-state index in [9.17, 15) is 4.79 Å². The molecule has 106 valence electrons. The summed E-state index contributed by atoms with van der Waals surface area (Å²) in [5.74, 6) is 1.20. The molecule has 0 saturated heterocycles. The van der Waals surface area contributed by atoms with Gasteiger partial charge in [0.15, 0.2) is 0 Å². The Labute approximate surface area is 118 Å². The number of hydrogen-bond acceptors (Lipinski definition) is 4. The fraction of sp³-hybridized carbons (Fsp3) is 0.312. The van der Waals surface area contributed by atoms with Gasteiger partial charge in [0.2, 0.25) is 0 Å². The van der Waals surface area contributed by atoms with Gasteiger partial charge in [0.1, 0.15) is 23.9 Å². The highest BCUT2D eigenvalue weighted by atomic mass is 16.5. The quantitative estimate of drug-likeness (QED) is 0.726. The van der Waals surface area contributed by atoms with Gasteiger partial charge in [0, 0.05) is 5.92 Å². The molecule has 0 unspecified atom stereocenters. The van der Waals surface area contributed by atoms with Crippen LogP contribution in [-0.2, 0) is 16.1 Å². The Morgan fingerprint density at radius 3 is 2.55 bits per heavy atom. The Morgan fingerprint density at radius 2 is 2.00 bits per heavy atom. The third-order valence-corrected chi connectivity index (χ3v) is 3.10. The highest BCUT2D eigenvalue weighted by molar-refractivity contribution is 5.54. The first-order valence-electron chi connectivity index (χ1n) is 6.48. The highest BCUT2D eigenvalue weighted by Crippen LogP contribution is 2.26. The van der Waals surface area contributed by atoms with Crippen molar-refractivity contribution < 1.29 is 18.7 Å². The molecule has 0 aliphatic heterocycles. The highest BCUT2D eigenvalue weighted by Gasteiger charge is 2.22. The lowest BCUT2D eigenvalue weighted by Crippen LogP contribution is -2.14. The van der Waals surface area contributed by atoms with Gasteiger partial charge in [0.05, 0.1) is 20.0 Å². The Kier molecular flexibility index (Phi) is 4.96. The SMILES string of the molecule is COc1ccc(CO[C@@H](c2ccco2)[C@H](C)C=O)cc1. The second-order valence-electron chi connectivity index (χ2n) is 4.59. The van der Waals surface area contributed by atoms with E-state index >= 15 is 0 Å². The van der Waals surface area contributed by atoms with Crippen molar-refractivity contribution in [3.8, 4) is 5.75 Å². The van der Waals surface area contributed by atoms with Crippen molar-refractivity contribution in [2.75, 3.05) is 7.11 Å². The molecule has 0 aliphatic carbocycles. The fourth-order valence-corrected chi connectivity index (χ4v) is 1.93. The lowest BCUT2D eigenvalue weighted by Gasteiger charge is -2.18. The lowest BCUT2D eigenvalue weighted by atomic mass is 10.0. The van der Waals surface area contributed by atoms with E-state index in [-0.39, 0.29) is 12.0 Å². The van der Waals surface area contributed by atoms with Crippen molar-refractivity contribution in [1.29, 1.82) is 0 Å². The smallest absolute Gasteiger partial charge is 0.133 e. The summed E-state index contributed by atoms with van der Waals surface area (Å²) in [6.07, 6.45) is 2.09. The molecule has 0 amide bonds. The predicted octanol–water partition coefficient (Wildman–Crippen LogP) is 3.38. The molecule has 2 atom stereocenters. The molecule has 0 aliphatic rings. The third kappa shape index (κ3) is 3.48. The minimum Gasteiger partial charge on any atom is -0.497 e. The maximum atomic E-state index is 11.0. The number of ether oxygens (including phenoxy) is 2. The first-order valence-corrected chi connectivity index (χ1v) is 6.48. The van der Waals surface area contributed by atoms with Crippen LogP contribution in [0.2, 0.25) is 0 Å². The summed E-state index contributed by atoms with van der Waals surface area (Å²) >= 11 is 0. The van der Waals surface area contributed by atoms with Gasteiger partial charge < -0.3 is 18.7 Å².